The molecule has 0 aromatic heterocycles. The molecule has 0 aromatic carbocycles. The third-order valence-corrected chi connectivity index (χ3v) is 3.35. The molecular weight excluding hydrogens is 207 g/mol. The smallest absolute Gasteiger partial charge is 0.330 e. The van der Waals surface area contributed by atoms with Gasteiger partial charge >= 0.3 is 13.6 Å². The van der Waals surface area contributed by atoms with Gasteiger partial charge in [-0.25, -0.2) is 0 Å². The molecule has 6 heteroatoms. The zero-order valence-corrected chi connectivity index (χ0v) is 9.08. The van der Waals surface area contributed by atoms with E-state index < -0.39 is 13.6 Å². The lowest BCUT2D eigenvalue weighted by Crippen LogP contribution is -2.08. The fraction of sp³-hybridized carbons (Fsp3) is 0.625. The Morgan fingerprint density at radius 3 is 2.43 bits per heavy atom. The molecule has 14 heavy (non-hydrogen) atoms. The van der Waals surface area contributed by atoms with E-state index in [1.54, 1.807) is 0 Å². The van der Waals surface area contributed by atoms with Crippen molar-refractivity contribution in [2.24, 2.45) is 0 Å². The van der Waals surface area contributed by atoms with Crippen LogP contribution in [0.1, 0.15) is 6.42 Å². The van der Waals surface area contributed by atoms with Crippen molar-refractivity contribution in [3.05, 3.63) is 0 Å². The minimum Gasteiger partial charge on any atom is -0.452 e. The van der Waals surface area contributed by atoms with Gasteiger partial charge in [0.1, 0.15) is 0 Å². The van der Waals surface area contributed by atoms with Gasteiger partial charge in [-0.1, -0.05) is 5.92 Å². The predicted octanol–water partition coefficient (Wildman–Crippen LogP) is 1.04. The Hall–Kier alpha value is -0.820. The third kappa shape index (κ3) is 5.03. The van der Waals surface area contributed by atoms with Gasteiger partial charge in [-0.15, -0.1) is 6.42 Å². The molecule has 0 fully saturated rings. The van der Waals surface area contributed by atoms with Gasteiger partial charge < -0.3 is 13.8 Å². The lowest BCUT2D eigenvalue weighted by Gasteiger charge is -2.12. The van der Waals surface area contributed by atoms with Crippen LogP contribution in [0, 0.1) is 12.3 Å². The van der Waals surface area contributed by atoms with E-state index in [-0.39, 0.29) is 19.2 Å². The molecule has 0 aliphatic heterocycles. The molecule has 5 nitrogen and oxygen atoms in total. The second-order valence-electron chi connectivity index (χ2n) is 2.31. The summed E-state index contributed by atoms with van der Waals surface area (Å²) in [6, 6.07) is 0. The third-order valence-electron chi connectivity index (χ3n) is 1.46. The van der Waals surface area contributed by atoms with E-state index in [1.165, 1.54) is 14.2 Å². The van der Waals surface area contributed by atoms with Gasteiger partial charge in [0.2, 0.25) is 0 Å². The molecule has 0 N–H and O–H groups in total. The molecule has 0 atom stereocenters. The maximum Gasteiger partial charge on any atom is 0.330 e. The SMILES string of the molecule is C#CCOC(=O)CCP(=O)(OC)OC. The number of hydrogen-bond donors (Lipinski definition) is 0. The fourth-order valence-corrected chi connectivity index (χ4v) is 1.65. The fourth-order valence-electron chi connectivity index (χ4n) is 0.680. The maximum atomic E-state index is 11.4. The second-order valence-corrected chi connectivity index (χ2v) is 4.71. The van der Waals surface area contributed by atoms with E-state index in [1.807, 2.05) is 0 Å². The van der Waals surface area contributed by atoms with Crippen LogP contribution in [0.25, 0.3) is 0 Å². The molecule has 0 aromatic rings. The van der Waals surface area contributed by atoms with Crippen LogP contribution in [0.5, 0.6) is 0 Å². The molecule has 0 heterocycles. The molecule has 0 bridgehead atoms. The molecule has 0 radical (unpaired) electrons. The molecule has 0 saturated carbocycles. The summed E-state index contributed by atoms with van der Waals surface area (Å²) in [5, 5.41) is 0. The summed E-state index contributed by atoms with van der Waals surface area (Å²) in [6.45, 7) is -0.0803. The summed E-state index contributed by atoms with van der Waals surface area (Å²) in [6.07, 6.45) is 4.83. The number of hydrogen-bond acceptors (Lipinski definition) is 5. The van der Waals surface area contributed by atoms with Crippen LogP contribution in [0.15, 0.2) is 0 Å². The Morgan fingerprint density at radius 1 is 1.43 bits per heavy atom. The topological polar surface area (TPSA) is 61.8 Å². The van der Waals surface area contributed by atoms with E-state index in [2.05, 4.69) is 19.7 Å². The van der Waals surface area contributed by atoms with E-state index in [9.17, 15) is 9.36 Å². The van der Waals surface area contributed by atoms with E-state index >= 15 is 0 Å². The quantitative estimate of drug-likeness (QED) is 0.380. The van der Waals surface area contributed by atoms with Crippen LogP contribution in [0.2, 0.25) is 0 Å². The Bertz CT molecular complexity index is 259. The van der Waals surface area contributed by atoms with Crippen LogP contribution < -0.4 is 0 Å². The summed E-state index contributed by atoms with van der Waals surface area (Å²) in [7, 11) is -0.598. The van der Waals surface area contributed by atoms with Gasteiger partial charge in [0.15, 0.2) is 6.61 Å². The summed E-state index contributed by atoms with van der Waals surface area (Å²) in [4.78, 5) is 10.9. The Kier molecular flexibility index (Phi) is 6.22. The molecule has 0 spiro atoms. The molecule has 0 aliphatic rings. The highest BCUT2D eigenvalue weighted by atomic mass is 31.2. The first-order valence-corrected chi connectivity index (χ1v) is 5.60. The molecule has 0 amide bonds. The van der Waals surface area contributed by atoms with Gasteiger partial charge in [0, 0.05) is 14.2 Å². The number of rotatable bonds is 6. The van der Waals surface area contributed by atoms with Crippen LogP contribution >= 0.6 is 7.60 Å². The number of ether oxygens (including phenoxy) is 1. The van der Waals surface area contributed by atoms with Crippen LogP contribution in [0.4, 0.5) is 0 Å². The van der Waals surface area contributed by atoms with Crippen molar-refractivity contribution in [2.75, 3.05) is 27.0 Å². The minimum atomic E-state index is -3.12. The van der Waals surface area contributed by atoms with Gasteiger partial charge in [-0.3, -0.25) is 9.36 Å². The van der Waals surface area contributed by atoms with E-state index in [4.69, 9.17) is 6.42 Å². The average molecular weight is 220 g/mol. The van der Waals surface area contributed by atoms with Crippen LogP contribution in [0.3, 0.4) is 0 Å². The average Bonchev–Trinajstić information content (AvgIpc) is 2.23. The van der Waals surface area contributed by atoms with Gasteiger partial charge in [-0.2, -0.15) is 0 Å². The van der Waals surface area contributed by atoms with Crippen molar-refractivity contribution in [3.63, 3.8) is 0 Å². The van der Waals surface area contributed by atoms with Crippen molar-refractivity contribution in [1.29, 1.82) is 0 Å². The van der Waals surface area contributed by atoms with Crippen molar-refractivity contribution in [2.45, 2.75) is 6.42 Å². The lowest BCUT2D eigenvalue weighted by molar-refractivity contribution is -0.141. The largest absolute Gasteiger partial charge is 0.452 e. The van der Waals surface area contributed by atoms with Crippen molar-refractivity contribution in [1.82, 2.24) is 0 Å². The number of terminal acetylenes is 1. The van der Waals surface area contributed by atoms with Crippen LogP contribution in [-0.4, -0.2) is 33.0 Å². The second kappa shape index (κ2) is 6.61. The molecule has 0 aliphatic carbocycles. The number of esters is 1. The van der Waals surface area contributed by atoms with Crippen molar-refractivity contribution in [3.8, 4) is 12.3 Å². The van der Waals surface area contributed by atoms with Crippen molar-refractivity contribution >= 4 is 13.6 Å². The predicted molar refractivity (Wildman–Crippen MR) is 50.9 cm³/mol. The van der Waals surface area contributed by atoms with E-state index in [0.29, 0.717) is 0 Å². The maximum absolute atomic E-state index is 11.4. The Labute approximate surface area is 83.3 Å². The monoisotopic (exact) mass is 220 g/mol. The summed E-state index contributed by atoms with van der Waals surface area (Å²) in [5.41, 5.74) is 0. The molecule has 0 unspecified atom stereocenters. The summed E-state index contributed by atoms with van der Waals surface area (Å²) in [5.74, 6) is 1.63. The highest BCUT2D eigenvalue weighted by molar-refractivity contribution is 7.53. The van der Waals surface area contributed by atoms with Crippen LogP contribution in [-0.2, 0) is 23.1 Å². The van der Waals surface area contributed by atoms with Gasteiger partial charge in [0.25, 0.3) is 0 Å². The lowest BCUT2D eigenvalue weighted by atomic mass is 10.5. The number of carbonyl (C=O) groups excluding carboxylic acids is 1. The molecule has 0 rings (SSSR count). The molecule has 80 valence electrons. The first-order valence-electron chi connectivity index (χ1n) is 3.87. The summed E-state index contributed by atoms with van der Waals surface area (Å²) >= 11 is 0. The zero-order valence-electron chi connectivity index (χ0n) is 8.19. The first kappa shape index (κ1) is 13.2. The van der Waals surface area contributed by atoms with Gasteiger partial charge in [0.05, 0.1) is 12.6 Å². The molecule has 0 saturated heterocycles. The number of carbonyl (C=O) groups is 1. The summed E-state index contributed by atoms with van der Waals surface area (Å²) < 4.78 is 25.3. The highest BCUT2D eigenvalue weighted by Crippen LogP contribution is 2.46. The Morgan fingerprint density at radius 2 is 2.00 bits per heavy atom. The Balaban J connectivity index is 3.88. The normalized spacial score (nSPS) is 10.6. The minimum absolute atomic E-state index is 0.0105. The van der Waals surface area contributed by atoms with Gasteiger partial charge in [-0.05, 0) is 0 Å². The standard InChI is InChI=1S/C8H13O5P/c1-4-6-13-8(9)5-7-14(10,11-2)12-3/h1H,5-7H2,2-3H3. The first-order chi connectivity index (χ1) is 6.58. The zero-order chi connectivity index (χ0) is 11.0. The van der Waals surface area contributed by atoms with E-state index in [0.717, 1.165) is 0 Å². The highest BCUT2D eigenvalue weighted by Gasteiger charge is 2.22. The molecular formula is C8H13O5P. The van der Waals surface area contributed by atoms with Crippen molar-refractivity contribution < 1.29 is 23.1 Å².